The highest BCUT2D eigenvalue weighted by Crippen LogP contribution is 2.28. The van der Waals surface area contributed by atoms with E-state index in [-0.39, 0.29) is 4.90 Å². The van der Waals surface area contributed by atoms with Crippen LogP contribution in [0.2, 0.25) is 0 Å². The molecule has 0 bridgehead atoms. The highest BCUT2D eigenvalue weighted by molar-refractivity contribution is 14.1. The maximum absolute atomic E-state index is 13.1. The normalized spacial score (nSPS) is 12.1. The molecule has 5 rings (SSSR count). The van der Waals surface area contributed by atoms with E-state index in [0.717, 1.165) is 22.0 Å². The lowest BCUT2D eigenvalue weighted by atomic mass is 10.1. The summed E-state index contributed by atoms with van der Waals surface area (Å²) in [6.07, 6.45) is 4.91. The van der Waals surface area contributed by atoms with Gasteiger partial charge < -0.3 is 0 Å². The van der Waals surface area contributed by atoms with Gasteiger partial charge in [0, 0.05) is 17.1 Å². The summed E-state index contributed by atoms with van der Waals surface area (Å²) >= 11 is 2.09. The van der Waals surface area contributed by atoms with E-state index in [1.165, 1.54) is 3.97 Å². The number of nitrogens with one attached hydrogen (secondary N) is 1. The number of aromatic nitrogens is 5. The van der Waals surface area contributed by atoms with Gasteiger partial charge in [-0.1, -0.05) is 23.8 Å². The molecular weight excluding hydrogens is 501 g/mol. The Hall–Kier alpha value is -2.79. The van der Waals surface area contributed by atoms with Crippen molar-refractivity contribution in [2.45, 2.75) is 11.8 Å². The predicted octanol–water partition coefficient (Wildman–Crippen LogP) is 4.12. The highest BCUT2D eigenvalue weighted by Gasteiger charge is 2.22. The first-order valence-corrected chi connectivity index (χ1v) is 11.2. The molecule has 0 atom stereocenters. The van der Waals surface area contributed by atoms with Crippen LogP contribution in [0, 0.1) is 10.5 Å². The summed E-state index contributed by atoms with van der Waals surface area (Å²) in [5.41, 5.74) is 4.35. The second-order valence-electron chi connectivity index (χ2n) is 6.69. The van der Waals surface area contributed by atoms with Crippen molar-refractivity contribution < 1.29 is 8.42 Å². The van der Waals surface area contributed by atoms with E-state index < -0.39 is 10.0 Å². The number of rotatable bonds is 3. The molecular formula is C20H14IN5O2S. The van der Waals surface area contributed by atoms with E-state index in [0.29, 0.717) is 20.4 Å². The van der Waals surface area contributed by atoms with Gasteiger partial charge >= 0.3 is 0 Å². The third-order valence-corrected chi connectivity index (χ3v) is 7.19. The van der Waals surface area contributed by atoms with Gasteiger partial charge in [0.15, 0.2) is 5.65 Å². The van der Waals surface area contributed by atoms with Gasteiger partial charge in [-0.05, 0) is 53.8 Å². The van der Waals surface area contributed by atoms with Crippen molar-refractivity contribution in [3.05, 3.63) is 70.2 Å². The Kier molecular flexibility index (Phi) is 4.17. The Morgan fingerprint density at radius 1 is 1.07 bits per heavy atom. The molecule has 29 heavy (non-hydrogen) atoms. The SMILES string of the molecule is Cc1ccc(S(=O)(=O)n2cc(I)c3nc(-c4ccc5[nH]ncc5c4)cnc32)cc1. The van der Waals surface area contributed by atoms with Gasteiger partial charge in [0.2, 0.25) is 0 Å². The van der Waals surface area contributed by atoms with Crippen molar-refractivity contribution in [1.82, 2.24) is 24.1 Å². The standard InChI is InChI=1S/C20H14IN5O2S/c1-12-2-5-15(6-3-12)29(27,28)26-11-16(21)19-20(26)22-10-18(24-19)13-4-7-17-14(8-13)9-23-25-17/h2-11H,1H3,(H,23,25). The number of fused-ring (bicyclic) bond motifs is 2. The van der Waals surface area contributed by atoms with Crippen LogP contribution in [-0.4, -0.2) is 32.6 Å². The molecule has 3 aromatic heterocycles. The molecule has 0 saturated heterocycles. The highest BCUT2D eigenvalue weighted by atomic mass is 127. The van der Waals surface area contributed by atoms with Crippen molar-refractivity contribution >= 4 is 54.7 Å². The number of aryl methyl sites for hydroxylation is 1. The Bertz CT molecular complexity index is 1490. The summed E-state index contributed by atoms with van der Waals surface area (Å²) in [6, 6.07) is 12.6. The van der Waals surface area contributed by atoms with Gasteiger partial charge in [0.1, 0.15) is 5.52 Å². The Morgan fingerprint density at radius 3 is 2.66 bits per heavy atom. The molecule has 0 saturated carbocycles. The van der Waals surface area contributed by atoms with Crippen molar-refractivity contribution in [2.24, 2.45) is 0 Å². The summed E-state index contributed by atoms with van der Waals surface area (Å²) in [5.74, 6) is 0. The van der Waals surface area contributed by atoms with Crippen molar-refractivity contribution in [3.8, 4) is 11.3 Å². The van der Waals surface area contributed by atoms with Crippen LogP contribution in [0.25, 0.3) is 33.3 Å². The topological polar surface area (TPSA) is 93.5 Å². The van der Waals surface area contributed by atoms with E-state index in [1.807, 2.05) is 25.1 Å². The minimum atomic E-state index is -3.76. The largest absolute Gasteiger partial charge is 0.278 e. The summed E-state index contributed by atoms with van der Waals surface area (Å²) in [6.45, 7) is 1.91. The molecule has 0 aliphatic rings. The monoisotopic (exact) mass is 515 g/mol. The number of H-pyrrole nitrogens is 1. The molecule has 7 nitrogen and oxygen atoms in total. The van der Waals surface area contributed by atoms with Crippen LogP contribution in [0.15, 0.2) is 66.0 Å². The van der Waals surface area contributed by atoms with E-state index in [1.54, 1.807) is 42.9 Å². The summed E-state index contributed by atoms with van der Waals surface area (Å²) in [7, 11) is -3.76. The first-order valence-electron chi connectivity index (χ1n) is 8.73. The molecule has 144 valence electrons. The second kappa shape index (κ2) is 6.63. The number of halogens is 1. The van der Waals surface area contributed by atoms with E-state index in [4.69, 9.17) is 4.98 Å². The van der Waals surface area contributed by atoms with Crippen LogP contribution >= 0.6 is 22.6 Å². The van der Waals surface area contributed by atoms with Crippen LogP contribution < -0.4 is 0 Å². The smallest absolute Gasteiger partial charge is 0.269 e. The maximum Gasteiger partial charge on any atom is 0.269 e. The van der Waals surface area contributed by atoms with Gasteiger partial charge in [-0.15, -0.1) is 0 Å². The molecule has 2 aromatic carbocycles. The van der Waals surface area contributed by atoms with Crippen molar-refractivity contribution in [3.63, 3.8) is 0 Å². The quantitative estimate of drug-likeness (QED) is 0.365. The molecule has 0 unspecified atom stereocenters. The molecule has 0 spiro atoms. The molecule has 0 fully saturated rings. The van der Waals surface area contributed by atoms with Crippen LogP contribution in [0.1, 0.15) is 5.56 Å². The average Bonchev–Trinajstić information content (AvgIpc) is 3.32. The lowest BCUT2D eigenvalue weighted by Crippen LogP contribution is -2.12. The van der Waals surface area contributed by atoms with Crippen molar-refractivity contribution in [2.75, 3.05) is 0 Å². The van der Waals surface area contributed by atoms with Crippen LogP contribution in [-0.2, 0) is 10.0 Å². The molecule has 0 aliphatic carbocycles. The Labute approximate surface area is 180 Å². The van der Waals surface area contributed by atoms with E-state index in [9.17, 15) is 8.42 Å². The zero-order valence-electron chi connectivity index (χ0n) is 15.2. The second-order valence-corrected chi connectivity index (χ2v) is 9.67. The zero-order valence-corrected chi connectivity index (χ0v) is 18.1. The minimum Gasteiger partial charge on any atom is -0.278 e. The number of nitrogens with zero attached hydrogens (tertiary/aromatic N) is 4. The molecule has 3 heterocycles. The fourth-order valence-electron chi connectivity index (χ4n) is 3.18. The molecule has 1 N–H and O–H groups in total. The lowest BCUT2D eigenvalue weighted by molar-refractivity contribution is 0.588. The Morgan fingerprint density at radius 2 is 1.86 bits per heavy atom. The maximum atomic E-state index is 13.1. The molecule has 9 heteroatoms. The average molecular weight is 515 g/mol. The summed E-state index contributed by atoms with van der Waals surface area (Å²) < 4.78 is 28.2. The number of aromatic amines is 1. The number of benzene rings is 2. The fourth-order valence-corrected chi connectivity index (χ4v) is 5.32. The first-order chi connectivity index (χ1) is 13.9. The number of hydrogen-bond donors (Lipinski definition) is 1. The third kappa shape index (κ3) is 3.01. The van der Waals surface area contributed by atoms with Gasteiger partial charge in [-0.3, -0.25) is 5.10 Å². The van der Waals surface area contributed by atoms with Gasteiger partial charge in [0.05, 0.1) is 32.1 Å². The Balaban J connectivity index is 1.65. The van der Waals surface area contributed by atoms with E-state index in [2.05, 4.69) is 37.8 Å². The summed E-state index contributed by atoms with van der Waals surface area (Å²) in [5, 5.41) is 7.92. The third-order valence-electron chi connectivity index (χ3n) is 4.73. The van der Waals surface area contributed by atoms with Crippen molar-refractivity contribution in [1.29, 1.82) is 0 Å². The summed E-state index contributed by atoms with van der Waals surface area (Å²) in [4.78, 5) is 9.36. The number of hydrogen-bond acceptors (Lipinski definition) is 5. The van der Waals surface area contributed by atoms with Gasteiger partial charge in [-0.25, -0.2) is 22.4 Å². The molecule has 5 aromatic rings. The van der Waals surface area contributed by atoms with Gasteiger partial charge in [-0.2, -0.15) is 5.10 Å². The van der Waals surface area contributed by atoms with Crippen LogP contribution in [0.3, 0.4) is 0 Å². The van der Waals surface area contributed by atoms with Crippen LogP contribution in [0.5, 0.6) is 0 Å². The van der Waals surface area contributed by atoms with E-state index >= 15 is 0 Å². The predicted molar refractivity (Wildman–Crippen MR) is 119 cm³/mol. The fraction of sp³-hybridized carbons (Fsp3) is 0.0500. The lowest BCUT2D eigenvalue weighted by Gasteiger charge is -2.07. The first kappa shape index (κ1) is 18.3. The molecule has 0 aliphatic heterocycles. The van der Waals surface area contributed by atoms with Gasteiger partial charge in [0.25, 0.3) is 10.0 Å². The molecule has 0 radical (unpaired) electrons. The van der Waals surface area contributed by atoms with Crippen LogP contribution in [0.4, 0.5) is 0 Å². The zero-order chi connectivity index (χ0) is 20.2. The molecule has 0 amide bonds. The minimum absolute atomic E-state index is 0.215.